The standard InChI is InChI=1S/C17H18OS.I2/c1-13-4-8-15(9-5-13)12-17(19(3)18)16-10-6-14(2)7-11-16;1-2/h4-12H,1-3H3;. The van der Waals surface area contributed by atoms with E-state index in [4.69, 9.17) is 0 Å². The molecule has 0 bridgehead atoms. The molecule has 1 atom stereocenters. The Morgan fingerprint density at radius 1 is 0.905 bits per heavy atom. The van der Waals surface area contributed by atoms with Crippen molar-refractivity contribution in [3.63, 3.8) is 0 Å². The SMILES string of the molecule is Cc1ccc(C=C(c2ccc(C)cc2)S(C)=O)cc1.II. The summed E-state index contributed by atoms with van der Waals surface area (Å²) in [6.07, 6.45) is 3.72. The summed E-state index contributed by atoms with van der Waals surface area (Å²) in [6, 6.07) is 16.4. The van der Waals surface area contributed by atoms with Gasteiger partial charge in [0.05, 0.1) is 10.8 Å². The minimum Gasteiger partial charge on any atom is -0.255 e. The topological polar surface area (TPSA) is 17.1 Å². The van der Waals surface area contributed by atoms with Gasteiger partial charge in [-0.25, -0.2) is 0 Å². The Morgan fingerprint density at radius 2 is 1.33 bits per heavy atom. The van der Waals surface area contributed by atoms with Crippen LogP contribution in [0.5, 0.6) is 0 Å². The normalized spacial score (nSPS) is 12.3. The fourth-order valence-electron chi connectivity index (χ4n) is 1.86. The third kappa shape index (κ3) is 6.20. The molecule has 0 amide bonds. The number of rotatable bonds is 3. The average molecular weight is 524 g/mol. The zero-order valence-corrected chi connectivity index (χ0v) is 17.4. The molecule has 112 valence electrons. The smallest absolute Gasteiger partial charge is 0.0504 e. The Hall–Kier alpha value is -0.210. The predicted octanol–water partition coefficient (Wildman–Crippen LogP) is 5.95. The molecule has 0 radical (unpaired) electrons. The maximum absolute atomic E-state index is 11.9. The van der Waals surface area contributed by atoms with Gasteiger partial charge in [-0.05, 0) is 31.1 Å². The van der Waals surface area contributed by atoms with E-state index in [9.17, 15) is 4.21 Å². The van der Waals surface area contributed by atoms with Crippen LogP contribution in [0.2, 0.25) is 0 Å². The van der Waals surface area contributed by atoms with Gasteiger partial charge in [0.1, 0.15) is 0 Å². The molecule has 0 fully saturated rings. The van der Waals surface area contributed by atoms with Crippen molar-refractivity contribution in [1.29, 1.82) is 0 Å². The molecule has 2 rings (SSSR count). The maximum atomic E-state index is 11.9. The molecule has 1 nitrogen and oxygen atoms in total. The number of aryl methyl sites for hydroxylation is 2. The molecule has 2 aromatic rings. The van der Waals surface area contributed by atoms with E-state index in [-0.39, 0.29) is 0 Å². The van der Waals surface area contributed by atoms with Crippen molar-refractivity contribution in [2.45, 2.75) is 13.8 Å². The van der Waals surface area contributed by atoms with E-state index in [0.717, 1.165) is 16.0 Å². The summed E-state index contributed by atoms with van der Waals surface area (Å²) in [7, 11) is -1.01. The van der Waals surface area contributed by atoms with Crippen LogP contribution in [-0.2, 0) is 10.8 Å². The first-order valence-electron chi connectivity index (χ1n) is 6.39. The number of hydrogen-bond donors (Lipinski definition) is 0. The summed E-state index contributed by atoms with van der Waals surface area (Å²) in [5.74, 6) is 0. The van der Waals surface area contributed by atoms with Crippen LogP contribution in [0.4, 0.5) is 0 Å². The maximum Gasteiger partial charge on any atom is 0.0504 e. The molecule has 0 saturated heterocycles. The van der Waals surface area contributed by atoms with Crippen LogP contribution in [0.25, 0.3) is 11.0 Å². The lowest BCUT2D eigenvalue weighted by Gasteiger charge is -2.06. The van der Waals surface area contributed by atoms with E-state index in [2.05, 4.69) is 75.3 Å². The van der Waals surface area contributed by atoms with Gasteiger partial charge >= 0.3 is 0 Å². The highest BCUT2D eigenvalue weighted by Crippen LogP contribution is 2.21. The van der Waals surface area contributed by atoms with Crippen LogP contribution >= 0.6 is 37.2 Å². The van der Waals surface area contributed by atoms with Crippen molar-refractivity contribution in [3.05, 3.63) is 70.8 Å². The molecular weight excluding hydrogens is 506 g/mol. The molecule has 0 aliphatic carbocycles. The first-order valence-corrected chi connectivity index (χ1v) is 14.2. The largest absolute Gasteiger partial charge is 0.255 e. The minimum atomic E-state index is -1.01. The van der Waals surface area contributed by atoms with E-state index in [1.807, 2.05) is 30.3 Å². The summed E-state index contributed by atoms with van der Waals surface area (Å²) < 4.78 is 11.9. The molecule has 0 aliphatic heterocycles. The summed E-state index contributed by atoms with van der Waals surface area (Å²) >= 11 is 4.24. The molecule has 0 aromatic heterocycles. The van der Waals surface area contributed by atoms with Gasteiger partial charge in [0.25, 0.3) is 0 Å². The van der Waals surface area contributed by atoms with Gasteiger partial charge in [0.2, 0.25) is 0 Å². The molecule has 4 heteroatoms. The Labute approximate surface area is 153 Å². The fraction of sp³-hybridized carbons (Fsp3) is 0.176. The van der Waals surface area contributed by atoms with Crippen molar-refractivity contribution < 1.29 is 4.21 Å². The molecule has 2 aromatic carbocycles. The Bertz CT molecular complexity index is 616. The Balaban J connectivity index is 0.00000106. The summed E-state index contributed by atoms with van der Waals surface area (Å²) in [5.41, 5.74) is 4.54. The zero-order chi connectivity index (χ0) is 15.8. The summed E-state index contributed by atoms with van der Waals surface area (Å²) in [4.78, 5) is 0.865. The van der Waals surface area contributed by atoms with Gasteiger partial charge in [-0.3, -0.25) is 4.21 Å². The lowest BCUT2D eigenvalue weighted by atomic mass is 10.1. The van der Waals surface area contributed by atoms with Crippen molar-refractivity contribution in [2.24, 2.45) is 0 Å². The van der Waals surface area contributed by atoms with Crippen LogP contribution in [0, 0.1) is 13.8 Å². The van der Waals surface area contributed by atoms with Crippen molar-refractivity contribution >= 4 is 59.0 Å². The quantitative estimate of drug-likeness (QED) is 0.359. The third-order valence-corrected chi connectivity index (χ3v) is 3.99. The second-order valence-corrected chi connectivity index (χ2v) is 6.09. The van der Waals surface area contributed by atoms with Gasteiger partial charge in [-0.2, -0.15) is 0 Å². The molecule has 0 saturated carbocycles. The average Bonchev–Trinajstić information content (AvgIpc) is 2.49. The highest BCUT2D eigenvalue weighted by atomic mass is 128. The molecule has 0 heterocycles. The van der Waals surface area contributed by atoms with Crippen LogP contribution in [0.1, 0.15) is 22.3 Å². The van der Waals surface area contributed by atoms with Gasteiger partial charge in [0.15, 0.2) is 0 Å². The molecule has 0 aliphatic rings. The molecule has 21 heavy (non-hydrogen) atoms. The highest BCUT2D eigenvalue weighted by molar-refractivity contribution is 15.0. The first kappa shape index (κ1) is 18.8. The fourth-order valence-corrected chi connectivity index (χ4v) is 2.63. The molecule has 0 N–H and O–H groups in total. The Kier molecular flexibility index (Phi) is 8.73. The van der Waals surface area contributed by atoms with Crippen LogP contribution < -0.4 is 0 Å². The van der Waals surface area contributed by atoms with Crippen molar-refractivity contribution in [2.75, 3.05) is 6.26 Å². The number of benzene rings is 2. The van der Waals surface area contributed by atoms with Gasteiger partial charge < -0.3 is 0 Å². The molecular formula is C17H18I2OS. The number of hydrogen-bond acceptors (Lipinski definition) is 1. The van der Waals surface area contributed by atoms with Crippen LogP contribution in [-0.4, -0.2) is 10.5 Å². The second-order valence-electron chi connectivity index (χ2n) is 4.74. The van der Waals surface area contributed by atoms with Gasteiger partial charge in [0, 0.05) is 48.4 Å². The lowest BCUT2D eigenvalue weighted by molar-refractivity contribution is 0.692. The minimum absolute atomic E-state index is 0.865. The molecule has 0 spiro atoms. The van der Waals surface area contributed by atoms with E-state index < -0.39 is 10.8 Å². The Morgan fingerprint density at radius 3 is 1.76 bits per heavy atom. The monoisotopic (exact) mass is 524 g/mol. The van der Waals surface area contributed by atoms with E-state index in [1.165, 1.54) is 11.1 Å². The lowest BCUT2D eigenvalue weighted by Crippen LogP contribution is -1.92. The van der Waals surface area contributed by atoms with Gasteiger partial charge in [-0.1, -0.05) is 59.7 Å². The predicted molar refractivity (Wildman–Crippen MR) is 112 cm³/mol. The van der Waals surface area contributed by atoms with E-state index in [0.29, 0.717) is 0 Å². The third-order valence-electron chi connectivity index (χ3n) is 3.02. The van der Waals surface area contributed by atoms with E-state index >= 15 is 0 Å². The van der Waals surface area contributed by atoms with Crippen molar-refractivity contribution in [3.8, 4) is 0 Å². The van der Waals surface area contributed by atoms with E-state index in [1.54, 1.807) is 6.26 Å². The first-order chi connectivity index (χ1) is 10.1. The molecule has 1 unspecified atom stereocenters. The summed E-state index contributed by atoms with van der Waals surface area (Å²) in [5, 5.41) is 0. The highest BCUT2D eigenvalue weighted by Gasteiger charge is 2.06. The zero-order valence-electron chi connectivity index (χ0n) is 12.3. The van der Waals surface area contributed by atoms with Crippen molar-refractivity contribution in [1.82, 2.24) is 0 Å². The second kappa shape index (κ2) is 9.74. The number of halogens is 2. The van der Waals surface area contributed by atoms with Gasteiger partial charge in [-0.15, -0.1) is 0 Å². The van der Waals surface area contributed by atoms with Crippen LogP contribution in [0.15, 0.2) is 48.5 Å². The summed E-state index contributed by atoms with van der Waals surface area (Å²) in [6.45, 7) is 4.11. The van der Waals surface area contributed by atoms with Crippen LogP contribution in [0.3, 0.4) is 0 Å².